The van der Waals surface area contributed by atoms with E-state index >= 15 is 0 Å². The first-order chi connectivity index (χ1) is 16.1. The van der Waals surface area contributed by atoms with Crippen LogP contribution in [0.3, 0.4) is 0 Å². The number of nitrogens with one attached hydrogen (secondary N) is 2. The number of ether oxygens (including phenoxy) is 3. The third-order valence-corrected chi connectivity index (χ3v) is 5.10. The molecule has 0 saturated carbocycles. The van der Waals surface area contributed by atoms with Crippen LogP contribution in [0.25, 0.3) is 11.3 Å². The number of H-pyrrole nitrogens is 1. The minimum Gasteiger partial charge on any atom is -0.493 e. The number of aromatic nitrogens is 5. The molecule has 0 radical (unpaired) electrons. The highest BCUT2D eigenvalue weighted by atomic mass is 16.5. The van der Waals surface area contributed by atoms with Crippen molar-refractivity contribution in [2.24, 2.45) is 0 Å². The molecule has 0 saturated heterocycles. The Morgan fingerprint density at radius 3 is 2.27 bits per heavy atom. The van der Waals surface area contributed by atoms with Crippen LogP contribution in [0.5, 0.6) is 17.2 Å². The van der Waals surface area contributed by atoms with Crippen LogP contribution in [-0.2, 0) is 6.54 Å². The number of methoxy groups -OCH3 is 3. The molecule has 0 spiro atoms. The van der Waals surface area contributed by atoms with Crippen molar-refractivity contribution in [3.63, 3.8) is 0 Å². The molecule has 10 nitrogen and oxygen atoms in total. The molecule has 0 bridgehead atoms. The normalized spacial score (nSPS) is 11.6. The Hall–Kier alpha value is -4.34. The Morgan fingerprint density at radius 1 is 1.00 bits per heavy atom. The molecular weight excluding hydrogens is 424 g/mol. The molecule has 2 N–H and O–H groups in total. The second-order valence-electron chi connectivity index (χ2n) is 7.10. The molecule has 170 valence electrons. The monoisotopic (exact) mass is 448 g/mol. The van der Waals surface area contributed by atoms with E-state index in [4.69, 9.17) is 14.2 Å². The van der Waals surface area contributed by atoms with E-state index < -0.39 is 0 Å². The zero-order chi connectivity index (χ0) is 23.2. The average Bonchev–Trinajstić information content (AvgIpc) is 3.55. The summed E-state index contributed by atoms with van der Waals surface area (Å²) < 4.78 is 16.2. The SMILES string of the molecule is COc1cc(-c2cc(C(=O)N[C@@H](Cn3nccn3)c3ccccc3)[nH]n2)cc(OC)c1OC. The van der Waals surface area contributed by atoms with E-state index in [9.17, 15) is 4.79 Å². The van der Waals surface area contributed by atoms with Crippen LogP contribution in [0.2, 0.25) is 0 Å². The smallest absolute Gasteiger partial charge is 0.269 e. The first kappa shape index (κ1) is 21.9. The predicted octanol–water partition coefficient (Wildman–Crippen LogP) is 2.87. The summed E-state index contributed by atoms with van der Waals surface area (Å²) in [4.78, 5) is 14.6. The Bertz CT molecular complexity index is 1180. The summed E-state index contributed by atoms with van der Waals surface area (Å²) >= 11 is 0. The molecule has 0 aliphatic rings. The van der Waals surface area contributed by atoms with Crippen molar-refractivity contribution in [2.45, 2.75) is 12.6 Å². The molecule has 33 heavy (non-hydrogen) atoms. The van der Waals surface area contributed by atoms with Gasteiger partial charge in [-0.3, -0.25) is 9.89 Å². The van der Waals surface area contributed by atoms with Gasteiger partial charge in [-0.2, -0.15) is 20.1 Å². The minimum atomic E-state index is -0.334. The van der Waals surface area contributed by atoms with Crippen molar-refractivity contribution in [3.8, 4) is 28.5 Å². The zero-order valence-electron chi connectivity index (χ0n) is 18.5. The number of nitrogens with zero attached hydrogens (tertiary/aromatic N) is 4. The van der Waals surface area contributed by atoms with Gasteiger partial charge in [0.2, 0.25) is 5.75 Å². The van der Waals surface area contributed by atoms with Gasteiger partial charge in [-0.1, -0.05) is 30.3 Å². The summed E-state index contributed by atoms with van der Waals surface area (Å²) in [5.74, 6) is 1.17. The van der Waals surface area contributed by atoms with Crippen molar-refractivity contribution in [3.05, 3.63) is 72.2 Å². The molecule has 0 aliphatic carbocycles. The van der Waals surface area contributed by atoms with Gasteiger partial charge in [0, 0.05) is 5.56 Å². The summed E-state index contributed by atoms with van der Waals surface area (Å²) in [6.45, 7) is 0.386. The van der Waals surface area contributed by atoms with Gasteiger partial charge in [0.05, 0.1) is 52.0 Å². The molecule has 0 fully saturated rings. The molecular formula is C23H24N6O4. The van der Waals surface area contributed by atoms with Crippen LogP contribution in [0.1, 0.15) is 22.1 Å². The maximum atomic E-state index is 13.0. The van der Waals surface area contributed by atoms with Crippen molar-refractivity contribution >= 4 is 5.91 Å². The van der Waals surface area contributed by atoms with Crippen molar-refractivity contribution in [1.29, 1.82) is 0 Å². The van der Waals surface area contributed by atoms with Crippen LogP contribution in [-0.4, -0.2) is 52.4 Å². The highest BCUT2D eigenvalue weighted by molar-refractivity contribution is 5.93. The molecule has 0 unspecified atom stereocenters. The first-order valence-corrected chi connectivity index (χ1v) is 10.2. The topological polar surface area (TPSA) is 116 Å². The quantitative estimate of drug-likeness (QED) is 0.404. The Kier molecular flexibility index (Phi) is 6.53. The summed E-state index contributed by atoms with van der Waals surface area (Å²) in [5, 5.41) is 18.5. The Balaban J connectivity index is 1.58. The van der Waals surface area contributed by atoms with Gasteiger partial charge in [0.1, 0.15) is 5.69 Å². The van der Waals surface area contributed by atoms with Crippen molar-refractivity contribution in [1.82, 2.24) is 30.5 Å². The molecule has 2 aromatic heterocycles. The van der Waals surface area contributed by atoms with Crippen LogP contribution >= 0.6 is 0 Å². The lowest BCUT2D eigenvalue weighted by Crippen LogP contribution is -2.32. The summed E-state index contributed by atoms with van der Waals surface area (Å²) in [7, 11) is 4.63. The second-order valence-corrected chi connectivity index (χ2v) is 7.10. The molecule has 2 aromatic carbocycles. The minimum absolute atomic E-state index is 0.304. The summed E-state index contributed by atoms with van der Waals surface area (Å²) in [5.41, 5.74) is 2.52. The van der Waals surface area contributed by atoms with Gasteiger partial charge in [0.15, 0.2) is 11.5 Å². The highest BCUT2D eigenvalue weighted by Crippen LogP contribution is 2.40. The fraction of sp³-hybridized carbons (Fsp3) is 0.217. The first-order valence-electron chi connectivity index (χ1n) is 10.2. The van der Waals surface area contributed by atoms with Crippen LogP contribution in [0.15, 0.2) is 60.9 Å². The van der Waals surface area contributed by atoms with Crippen molar-refractivity contribution < 1.29 is 19.0 Å². The standard InChI is InChI=1S/C23H24N6O4/c1-31-20-11-16(12-21(32-2)22(20)33-3)17-13-18(28-27-17)23(30)26-19(14-29-24-9-10-25-29)15-7-5-4-6-8-15/h4-13,19H,14H2,1-3H3,(H,26,30)(H,27,28)/t19-/m0/s1. The van der Waals surface area contributed by atoms with E-state index in [1.54, 1.807) is 51.9 Å². The van der Waals surface area contributed by atoms with Gasteiger partial charge in [-0.25, -0.2) is 0 Å². The maximum Gasteiger partial charge on any atom is 0.269 e. The zero-order valence-corrected chi connectivity index (χ0v) is 18.5. The maximum absolute atomic E-state index is 13.0. The average molecular weight is 448 g/mol. The number of benzene rings is 2. The van der Waals surface area contributed by atoms with Crippen LogP contribution in [0.4, 0.5) is 0 Å². The largest absolute Gasteiger partial charge is 0.493 e. The van der Waals surface area contributed by atoms with Gasteiger partial charge in [0.25, 0.3) is 5.91 Å². The number of rotatable bonds is 9. The molecule has 2 heterocycles. The number of carbonyl (C=O) groups excluding carboxylic acids is 1. The van der Waals surface area contributed by atoms with E-state index in [0.717, 1.165) is 5.56 Å². The number of amides is 1. The third kappa shape index (κ3) is 4.79. The fourth-order valence-corrected chi connectivity index (χ4v) is 3.47. The Labute approximate surface area is 190 Å². The van der Waals surface area contributed by atoms with E-state index in [1.807, 2.05) is 30.3 Å². The third-order valence-electron chi connectivity index (χ3n) is 5.10. The van der Waals surface area contributed by atoms with Crippen LogP contribution < -0.4 is 19.5 Å². The molecule has 4 aromatic rings. The van der Waals surface area contributed by atoms with Crippen LogP contribution in [0, 0.1) is 0 Å². The van der Waals surface area contributed by atoms with E-state index in [2.05, 4.69) is 25.7 Å². The van der Waals surface area contributed by atoms with Gasteiger partial charge >= 0.3 is 0 Å². The fourth-order valence-electron chi connectivity index (χ4n) is 3.47. The molecule has 1 atom stereocenters. The summed E-state index contributed by atoms with van der Waals surface area (Å²) in [6, 6.07) is 14.5. The van der Waals surface area contributed by atoms with Gasteiger partial charge in [-0.05, 0) is 23.8 Å². The summed E-state index contributed by atoms with van der Waals surface area (Å²) in [6.07, 6.45) is 3.20. The second kappa shape index (κ2) is 9.86. The number of hydrogen-bond donors (Lipinski definition) is 2. The number of aromatic amines is 1. The van der Waals surface area contributed by atoms with E-state index in [-0.39, 0.29) is 11.9 Å². The number of carbonyl (C=O) groups is 1. The van der Waals surface area contributed by atoms with E-state index in [1.165, 1.54) is 4.80 Å². The highest BCUT2D eigenvalue weighted by Gasteiger charge is 2.20. The molecule has 10 heteroatoms. The van der Waals surface area contributed by atoms with E-state index in [0.29, 0.717) is 40.7 Å². The lowest BCUT2D eigenvalue weighted by molar-refractivity contribution is 0.0925. The number of hydrogen-bond acceptors (Lipinski definition) is 7. The molecule has 4 rings (SSSR count). The van der Waals surface area contributed by atoms with Crippen molar-refractivity contribution in [2.75, 3.05) is 21.3 Å². The molecule has 1 amide bonds. The molecule has 0 aliphatic heterocycles. The lowest BCUT2D eigenvalue weighted by atomic mass is 10.1. The van der Waals surface area contributed by atoms with Gasteiger partial charge in [-0.15, -0.1) is 0 Å². The van der Waals surface area contributed by atoms with Gasteiger partial charge < -0.3 is 19.5 Å². The Morgan fingerprint density at radius 2 is 1.67 bits per heavy atom. The lowest BCUT2D eigenvalue weighted by Gasteiger charge is -2.18. The predicted molar refractivity (Wildman–Crippen MR) is 120 cm³/mol.